The van der Waals surface area contributed by atoms with Crippen molar-refractivity contribution in [3.63, 3.8) is 0 Å². The molecule has 0 aromatic heterocycles. The lowest BCUT2D eigenvalue weighted by molar-refractivity contribution is -0.571. The molecule has 2 aliphatic carbocycles. The summed E-state index contributed by atoms with van der Waals surface area (Å²) < 4.78 is 56.0. The number of rotatable bonds is 8. The summed E-state index contributed by atoms with van der Waals surface area (Å²) in [5.41, 5.74) is -0.692. The molecule has 296 valence electrons. The maximum Gasteiger partial charge on any atom is 0.201 e. The minimum atomic E-state index is -3.71. The van der Waals surface area contributed by atoms with Crippen molar-refractivity contribution < 1.29 is 52.0 Å². The predicted molar refractivity (Wildman–Crippen MR) is 191 cm³/mol. The number of aliphatic hydroxyl groups excluding tert-OH is 1. The van der Waals surface area contributed by atoms with Crippen LogP contribution in [-0.4, -0.2) is 66.8 Å². The Morgan fingerprint density at radius 1 is 0.679 bits per heavy atom. The van der Waals surface area contributed by atoms with E-state index in [4.69, 9.17) is 38.5 Å². The second kappa shape index (κ2) is 13.2. The van der Waals surface area contributed by atoms with Crippen LogP contribution in [0, 0.1) is 53.3 Å². The fourth-order valence-corrected chi connectivity index (χ4v) is 14.2. The summed E-state index contributed by atoms with van der Waals surface area (Å²) in [6.07, 6.45) is 6.92. The van der Waals surface area contributed by atoms with Crippen LogP contribution in [0.5, 0.6) is 0 Å². The first-order valence-corrected chi connectivity index (χ1v) is 22.2. The van der Waals surface area contributed by atoms with E-state index in [-0.39, 0.29) is 70.9 Å². The van der Waals surface area contributed by atoms with Crippen LogP contribution < -0.4 is 0 Å². The number of aliphatic hydroxyl groups is 1. The zero-order valence-corrected chi connectivity index (χ0v) is 33.1. The first kappa shape index (κ1) is 37.4. The SMILES string of the molecule is C[C@H]1[C@@H](CC(C[C@H]2O[C@@H]3O[C@@]4(C)CC[C@H]5[C@H](C)CC[C@@H]([C@H]2C)[C@@]35OO4)CS(=O)(=O)c2ccc(CO)cc2)O[C@@H]2O[C@@]3(C)CC[C@H]4[C@H](C)CC[C@@H]1[C@@]24OO3. The second-order valence-corrected chi connectivity index (χ2v) is 20.8. The van der Waals surface area contributed by atoms with Gasteiger partial charge in [0.15, 0.2) is 33.6 Å². The maximum atomic E-state index is 14.3. The molecule has 16 atom stereocenters. The van der Waals surface area contributed by atoms with E-state index in [9.17, 15) is 13.5 Å². The minimum absolute atomic E-state index is 0.0543. The molecule has 12 heteroatoms. The van der Waals surface area contributed by atoms with Gasteiger partial charge in [0.2, 0.25) is 11.6 Å². The van der Waals surface area contributed by atoms with Gasteiger partial charge in [-0.1, -0.05) is 39.8 Å². The third kappa shape index (κ3) is 5.85. The Balaban J connectivity index is 1.03. The molecule has 1 N–H and O–H groups in total. The summed E-state index contributed by atoms with van der Waals surface area (Å²) in [7, 11) is -3.71. The Morgan fingerprint density at radius 3 is 1.60 bits per heavy atom. The van der Waals surface area contributed by atoms with E-state index in [1.54, 1.807) is 24.3 Å². The molecule has 11 nitrogen and oxygen atoms in total. The van der Waals surface area contributed by atoms with E-state index in [1.807, 2.05) is 13.8 Å². The first-order valence-electron chi connectivity index (χ1n) is 20.5. The Bertz CT molecular complexity index is 1560. The van der Waals surface area contributed by atoms with Crippen molar-refractivity contribution in [1.82, 2.24) is 0 Å². The molecule has 1 aromatic carbocycles. The van der Waals surface area contributed by atoms with Gasteiger partial charge in [0.05, 0.1) is 29.5 Å². The molecule has 53 heavy (non-hydrogen) atoms. The summed E-state index contributed by atoms with van der Waals surface area (Å²) in [5.74, 6) is -0.215. The number of ether oxygens (including phenoxy) is 4. The van der Waals surface area contributed by atoms with Crippen LogP contribution in [0.2, 0.25) is 0 Å². The molecule has 8 aliphatic heterocycles. The number of fused-ring (bicyclic) bond motifs is 4. The van der Waals surface area contributed by atoms with Gasteiger partial charge in [0.25, 0.3) is 0 Å². The Morgan fingerprint density at radius 2 is 1.15 bits per heavy atom. The topological polar surface area (TPSA) is 128 Å². The van der Waals surface area contributed by atoms with Gasteiger partial charge in [0, 0.05) is 24.7 Å². The van der Waals surface area contributed by atoms with E-state index >= 15 is 0 Å². The third-order valence-electron chi connectivity index (χ3n) is 15.6. The average molecular weight is 761 g/mol. The lowest BCUT2D eigenvalue weighted by Crippen LogP contribution is -2.70. The highest BCUT2D eigenvalue weighted by atomic mass is 32.2. The molecular formula is C41H60O11S. The van der Waals surface area contributed by atoms with Crippen molar-refractivity contribution in [3.8, 4) is 0 Å². The van der Waals surface area contributed by atoms with Gasteiger partial charge in [0.1, 0.15) is 0 Å². The summed E-state index contributed by atoms with van der Waals surface area (Å²) in [4.78, 5) is 25.2. The molecule has 8 saturated heterocycles. The summed E-state index contributed by atoms with van der Waals surface area (Å²) in [6.45, 7) is 12.8. The van der Waals surface area contributed by atoms with Crippen molar-refractivity contribution in [2.24, 2.45) is 53.3 Å². The van der Waals surface area contributed by atoms with Gasteiger partial charge < -0.3 is 24.1 Å². The molecule has 2 saturated carbocycles. The fraction of sp³-hybridized carbons (Fsp3) is 0.854. The Labute approximate surface area is 314 Å². The molecule has 4 bridgehead atoms. The molecule has 0 unspecified atom stereocenters. The average Bonchev–Trinajstić information content (AvgIpc) is 3.50. The molecule has 2 spiro atoms. The predicted octanol–water partition coefficient (Wildman–Crippen LogP) is 6.85. The van der Waals surface area contributed by atoms with E-state index in [2.05, 4.69) is 27.7 Å². The van der Waals surface area contributed by atoms with Crippen LogP contribution in [0.1, 0.15) is 111 Å². The zero-order valence-electron chi connectivity index (χ0n) is 32.2. The Kier molecular flexibility index (Phi) is 9.30. The Hall–Kier alpha value is -1.19. The molecule has 1 aromatic rings. The highest BCUT2D eigenvalue weighted by Gasteiger charge is 2.71. The lowest BCUT2D eigenvalue weighted by Gasteiger charge is -2.61. The molecule has 11 rings (SSSR count). The zero-order chi connectivity index (χ0) is 37.1. The van der Waals surface area contributed by atoms with Gasteiger partial charge in [-0.2, -0.15) is 0 Å². The van der Waals surface area contributed by atoms with Crippen LogP contribution in [0.15, 0.2) is 29.2 Å². The highest BCUT2D eigenvalue weighted by molar-refractivity contribution is 7.91. The van der Waals surface area contributed by atoms with Crippen LogP contribution in [0.3, 0.4) is 0 Å². The molecular weight excluding hydrogens is 701 g/mol. The van der Waals surface area contributed by atoms with E-state index in [0.29, 0.717) is 30.2 Å². The van der Waals surface area contributed by atoms with Gasteiger partial charge in [-0.15, -0.1) is 0 Å². The van der Waals surface area contributed by atoms with E-state index in [1.165, 1.54) is 0 Å². The quantitative estimate of drug-likeness (QED) is 0.280. The van der Waals surface area contributed by atoms with Crippen molar-refractivity contribution in [1.29, 1.82) is 0 Å². The molecule has 0 amide bonds. The standard InChI is InChI=1S/C41H60O11S/c1-23-7-13-32-25(3)34(45-36-40(32)30(23)15-17-38(5,47-36)49-51-40)19-28(22-53(43,44)29-11-9-27(21-42)10-12-29)20-35-26(4)33-14-8-24(2)31-16-18-39(6)48-37(46-35)41(31,33)52-50-39/h9-12,23-26,28,30-37,42H,7-8,13-22H2,1-6H3/t23-,24-,25-,26-,30+,31+,32+,33+,34-,35-,36-,37-,38-,39-,40-,41-/m1/s1. The van der Waals surface area contributed by atoms with E-state index in [0.717, 1.165) is 51.4 Å². The van der Waals surface area contributed by atoms with Crippen LogP contribution in [-0.2, 0) is 54.9 Å². The number of benzene rings is 1. The minimum Gasteiger partial charge on any atom is -0.392 e. The molecule has 8 heterocycles. The maximum absolute atomic E-state index is 14.3. The van der Waals surface area contributed by atoms with Crippen LogP contribution in [0.25, 0.3) is 0 Å². The van der Waals surface area contributed by atoms with Crippen molar-refractivity contribution in [2.45, 2.75) is 165 Å². The van der Waals surface area contributed by atoms with Gasteiger partial charge in [-0.05, 0) is 124 Å². The van der Waals surface area contributed by atoms with Crippen molar-refractivity contribution in [3.05, 3.63) is 29.8 Å². The fourth-order valence-electron chi connectivity index (χ4n) is 12.6. The smallest absolute Gasteiger partial charge is 0.201 e. The van der Waals surface area contributed by atoms with Crippen LogP contribution >= 0.6 is 0 Å². The number of hydrogen-bond donors (Lipinski definition) is 1. The molecule has 10 fully saturated rings. The van der Waals surface area contributed by atoms with Gasteiger partial charge in [-0.3, -0.25) is 0 Å². The van der Waals surface area contributed by atoms with Gasteiger partial charge >= 0.3 is 0 Å². The first-order chi connectivity index (χ1) is 25.2. The van der Waals surface area contributed by atoms with E-state index < -0.39 is 45.2 Å². The molecule has 10 aliphatic rings. The van der Waals surface area contributed by atoms with Crippen molar-refractivity contribution in [2.75, 3.05) is 5.75 Å². The summed E-state index contributed by atoms with van der Waals surface area (Å²) >= 11 is 0. The lowest BCUT2D eigenvalue weighted by atomic mass is 9.56. The summed E-state index contributed by atoms with van der Waals surface area (Å²) in [5, 5.41) is 9.62. The normalized spacial score (nSPS) is 50.8. The van der Waals surface area contributed by atoms with Crippen molar-refractivity contribution >= 4 is 9.84 Å². The third-order valence-corrected chi connectivity index (χ3v) is 17.5. The number of sulfone groups is 1. The van der Waals surface area contributed by atoms with Gasteiger partial charge in [-0.25, -0.2) is 28.0 Å². The summed E-state index contributed by atoms with van der Waals surface area (Å²) in [6, 6.07) is 6.59. The number of hydrogen-bond acceptors (Lipinski definition) is 11. The second-order valence-electron chi connectivity index (χ2n) is 18.8. The molecule has 0 radical (unpaired) electrons. The monoisotopic (exact) mass is 760 g/mol. The van der Waals surface area contributed by atoms with Crippen LogP contribution in [0.4, 0.5) is 0 Å². The highest BCUT2D eigenvalue weighted by Crippen LogP contribution is 2.63. The largest absolute Gasteiger partial charge is 0.392 e.